The maximum Gasteiger partial charge on any atom is 0.261 e. The van der Waals surface area contributed by atoms with Crippen molar-refractivity contribution in [2.45, 2.75) is 25.5 Å². The van der Waals surface area contributed by atoms with Crippen LogP contribution in [0.4, 0.5) is 0 Å². The molecule has 6 nitrogen and oxygen atoms in total. The Morgan fingerprint density at radius 3 is 2.57 bits per heavy atom. The third-order valence-corrected chi connectivity index (χ3v) is 3.63. The van der Waals surface area contributed by atoms with E-state index in [2.05, 4.69) is 0 Å². The number of hydrogen-bond acceptors (Lipinski definition) is 4. The minimum Gasteiger partial charge on any atom is -0.484 e. The van der Waals surface area contributed by atoms with Crippen molar-refractivity contribution in [1.82, 2.24) is 4.90 Å². The zero-order chi connectivity index (χ0) is 15.4. The average Bonchev–Trinajstić information content (AvgIpc) is 2.91. The quantitative estimate of drug-likeness (QED) is 0.855. The topological polar surface area (TPSA) is 81.9 Å². The van der Waals surface area contributed by atoms with Gasteiger partial charge in [0.25, 0.3) is 5.91 Å². The number of aryl methyl sites for hydroxylation is 1. The van der Waals surface area contributed by atoms with Crippen molar-refractivity contribution in [3.63, 3.8) is 0 Å². The fraction of sp³-hybridized carbons (Fsp3) is 0.467. The van der Waals surface area contributed by atoms with E-state index in [9.17, 15) is 9.59 Å². The highest BCUT2D eigenvalue weighted by Crippen LogP contribution is 2.20. The summed E-state index contributed by atoms with van der Waals surface area (Å²) >= 11 is 0. The van der Waals surface area contributed by atoms with Crippen LogP contribution in [0.25, 0.3) is 0 Å². The van der Waals surface area contributed by atoms with E-state index in [0.29, 0.717) is 18.7 Å². The molecule has 0 bridgehead atoms. The predicted molar refractivity (Wildman–Crippen MR) is 76.8 cm³/mol. The van der Waals surface area contributed by atoms with E-state index in [1.165, 1.54) is 4.90 Å². The molecule has 0 saturated carbocycles. The third kappa shape index (κ3) is 3.72. The van der Waals surface area contributed by atoms with Crippen LogP contribution in [-0.2, 0) is 14.3 Å². The fourth-order valence-corrected chi connectivity index (χ4v) is 2.38. The number of amides is 2. The molecule has 2 N–H and O–H groups in total. The number of primary amides is 1. The molecule has 1 saturated heterocycles. The van der Waals surface area contributed by atoms with E-state index in [0.717, 1.165) is 5.56 Å². The molecule has 0 spiro atoms. The molecule has 1 aromatic rings. The number of methoxy groups -OCH3 is 1. The maximum absolute atomic E-state index is 12.2. The summed E-state index contributed by atoms with van der Waals surface area (Å²) < 4.78 is 10.7. The Kier molecular flexibility index (Phi) is 4.80. The van der Waals surface area contributed by atoms with Gasteiger partial charge in [-0.2, -0.15) is 0 Å². The second-order valence-electron chi connectivity index (χ2n) is 5.16. The molecule has 2 atom stereocenters. The van der Waals surface area contributed by atoms with Crippen molar-refractivity contribution in [3.05, 3.63) is 29.8 Å². The smallest absolute Gasteiger partial charge is 0.261 e. The fourth-order valence-electron chi connectivity index (χ4n) is 2.38. The van der Waals surface area contributed by atoms with Gasteiger partial charge in [-0.25, -0.2) is 0 Å². The van der Waals surface area contributed by atoms with Gasteiger partial charge in [0.1, 0.15) is 11.8 Å². The Morgan fingerprint density at radius 2 is 2.00 bits per heavy atom. The molecule has 0 aromatic heterocycles. The SMILES string of the molecule is CO[C@H]1C[C@@H](C(N)=O)N(C(=O)COc2ccc(C)cc2)C1. The highest BCUT2D eigenvalue weighted by atomic mass is 16.5. The van der Waals surface area contributed by atoms with Crippen LogP contribution < -0.4 is 10.5 Å². The van der Waals surface area contributed by atoms with Crippen molar-refractivity contribution >= 4 is 11.8 Å². The van der Waals surface area contributed by atoms with E-state index in [1.807, 2.05) is 19.1 Å². The van der Waals surface area contributed by atoms with Crippen molar-refractivity contribution in [3.8, 4) is 5.75 Å². The normalized spacial score (nSPS) is 21.3. The molecule has 0 unspecified atom stereocenters. The summed E-state index contributed by atoms with van der Waals surface area (Å²) in [6.07, 6.45) is 0.271. The van der Waals surface area contributed by atoms with Crippen LogP contribution >= 0.6 is 0 Å². The van der Waals surface area contributed by atoms with Crippen LogP contribution in [0.1, 0.15) is 12.0 Å². The van der Waals surface area contributed by atoms with Gasteiger partial charge in [0, 0.05) is 20.1 Å². The number of nitrogens with two attached hydrogens (primary N) is 1. The van der Waals surface area contributed by atoms with Crippen LogP contribution in [0, 0.1) is 6.92 Å². The number of nitrogens with zero attached hydrogens (tertiary/aromatic N) is 1. The van der Waals surface area contributed by atoms with Crippen molar-refractivity contribution in [1.29, 1.82) is 0 Å². The number of carbonyl (C=O) groups excluding carboxylic acids is 2. The van der Waals surface area contributed by atoms with Crippen LogP contribution in [0.5, 0.6) is 5.75 Å². The zero-order valence-corrected chi connectivity index (χ0v) is 12.2. The van der Waals surface area contributed by atoms with Gasteiger partial charge in [-0.15, -0.1) is 0 Å². The molecule has 6 heteroatoms. The molecule has 21 heavy (non-hydrogen) atoms. The van der Waals surface area contributed by atoms with E-state index in [4.69, 9.17) is 15.2 Å². The molecule has 1 heterocycles. The number of rotatable bonds is 5. The standard InChI is InChI=1S/C15H20N2O4/c1-10-3-5-11(6-4-10)21-9-14(18)17-8-12(20-2)7-13(17)15(16)19/h3-6,12-13H,7-9H2,1-2H3,(H2,16,19)/t12-,13-/m0/s1. The van der Waals surface area contributed by atoms with Crippen LogP contribution in [0.15, 0.2) is 24.3 Å². The van der Waals surface area contributed by atoms with Crippen LogP contribution in [0.2, 0.25) is 0 Å². The summed E-state index contributed by atoms with van der Waals surface area (Å²) in [5, 5.41) is 0. The Morgan fingerprint density at radius 1 is 1.33 bits per heavy atom. The summed E-state index contributed by atoms with van der Waals surface area (Å²) in [6, 6.07) is 6.79. The molecule has 1 aliphatic rings. The number of carbonyl (C=O) groups is 2. The molecule has 114 valence electrons. The minimum atomic E-state index is -0.621. The summed E-state index contributed by atoms with van der Waals surface area (Å²) in [5.41, 5.74) is 6.45. The van der Waals surface area contributed by atoms with Crippen LogP contribution in [-0.4, -0.2) is 49.1 Å². The van der Waals surface area contributed by atoms with Crippen LogP contribution in [0.3, 0.4) is 0 Å². The van der Waals surface area contributed by atoms with Gasteiger partial charge < -0.3 is 20.1 Å². The first-order valence-electron chi connectivity index (χ1n) is 6.82. The molecule has 0 radical (unpaired) electrons. The lowest BCUT2D eigenvalue weighted by atomic mass is 10.2. The van der Waals surface area contributed by atoms with E-state index in [-0.39, 0.29) is 18.6 Å². The lowest BCUT2D eigenvalue weighted by molar-refractivity contribution is -0.139. The zero-order valence-electron chi connectivity index (χ0n) is 12.2. The minimum absolute atomic E-state index is 0.122. The predicted octanol–water partition coefficient (Wildman–Crippen LogP) is 0.475. The highest BCUT2D eigenvalue weighted by molar-refractivity contribution is 5.88. The van der Waals surface area contributed by atoms with Gasteiger partial charge in [0.05, 0.1) is 6.10 Å². The average molecular weight is 292 g/mol. The van der Waals surface area contributed by atoms with Gasteiger partial charge in [-0.3, -0.25) is 9.59 Å². The Bertz CT molecular complexity index is 515. The first-order valence-corrected chi connectivity index (χ1v) is 6.82. The first kappa shape index (κ1) is 15.3. The van der Waals surface area contributed by atoms with E-state index >= 15 is 0 Å². The number of benzene rings is 1. The van der Waals surface area contributed by atoms with Gasteiger partial charge in [0.2, 0.25) is 5.91 Å². The lowest BCUT2D eigenvalue weighted by Gasteiger charge is -2.21. The summed E-state index contributed by atoms with van der Waals surface area (Å²) in [6.45, 7) is 2.21. The van der Waals surface area contributed by atoms with Crippen molar-refractivity contribution < 1.29 is 19.1 Å². The Labute approximate surface area is 123 Å². The summed E-state index contributed by atoms with van der Waals surface area (Å²) in [5.74, 6) is -0.163. The van der Waals surface area contributed by atoms with Crippen molar-refractivity contribution in [2.24, 2.45) is 5.73 Å². The summed E-state index contributed by atoms with van der Waals surface area (Å²) in [7, 11) is 1.56. The third-order valence-electron chi connectivity index (χ3n) is 3.63. The van der Waals surface area contributed by atoms with Gasteiger partial charge in [-0.05, 0) is 19.1 Å². The summed E-state index contributed by atoms with van der Waals surface area (Å²) in [4.78, 5) is 25.1. The molecule has 1 aliphatic heterocycles. The Hall–Kier alpha value is -2.08. The number of likely N-dealkylation sites (tertiary alicyclic amines) is 1. The molecule has 1 aromatic carbocycles. The lowest BCUT2D eigenvalue weighted by Crippen LogP contribution is -2.45. The number of ether oxygens (including phenoxy) is 2. The monoisotopic (exact) mass is 292 g/mol. The molecule has 2 rings (SSSR count). The van der Waals surface area contributed by atoms with Crippen molar-refractivity contribution in [2.75, 3.05) is 20.3 Å². The molecule has 1 fully saturated rings. The van der Waals surface area contributed by atoms with Gasteiger partial charge in [0.15, 0.2) is 6.61 Å². The second-order valence-corrected chi connectivity index (χ2v) is 5.16. The second kappa shape index (κ2) is 6.58. The van der Waals surface area contributed by atoms with E-state index < -0.39 is 11.9 Å². The Balaban J connectivity index is 1.95. The van der Waals surface area contributed by atoms with Gasteiger partial charge >= 0.3 is 0 Å². The van der Waals surface area contributed by atoms with E-state index in [1.54, 1.807) is 19.2 Å². The van der Waals surface area contributed by atoms with Gasteiger partial charge in [-0.1, -0.05) is 17.7 Å². The molecular weight excluding hydrogens is 272 g/mol. The maximum atomic E-state index is 12.2. The largest absolute Gasteiger partial charge is 0.484 e. The molecule has 2 amide bonds. The molecular formula is C15H20N2O4. The molecule has 0 aliphatic carbocycles. The number of hydrogen-bond donors (Lipinski definition) is 1. The first-order chi connectivity index (χ1) is 10.0. The highest BCUT2D eigenvalue weighted by Gasteiger charge is 2.38.